The second-order valence-corrected chi connectivity index (χ2v) is 8.06. The topological polar surface area (TPSA) is 87.8 Å². The Morgan fingerprint density at radius 2 is 2.20 bits per heavy atom. The maximum atomic E-state index is 11.7. The number of hydrogen-bond acceptors (Lipinski definition) is 4. The summed E-state index contributed by atoms with van der Waals surface area (Å²) in [5, 5.41) is 2.67. The van der Waals surface area contributed by atoms with E-state index >= 15 is 0 Å². The molecule has 3 N–H and O–H groups in total. The second kappa shape index (κ2) is 6.76. The van der Waals surface area contributed by atoms with E-state index in [1.165, 1.54) is 12.8 Å². The summed E-state index contributed by atoms with van der Waals surface area (Å²) in [7, 11) is -2.91. The molecular weight excluding hydrogens is 276 g/mol. The SMILES string of the molecule is CCN1CCCC1CN=C(N)NCC1CCCS1(=O)=O. The van der Waals surface area contributed by atoms with Crippen LogP contribution in [-0.2, 0) is 9.84 Å². The number of rotatable bonds is 5. The van der Waals surface area contributed by atoms with Crippen LogP contribution in [0.15, 0.2) is 4.99 Å². The molecule has 0 aromatic carbocycles. The fraction of sp³-hybridized carbons (Fsp3) is 0.923. The van der Waals surface area contributed by atoms with Crippen LogP contribution in [0, 0.1) is 0 Å². The van der Waals surface area contributed by atoms with Gasteiger partial charge in [-0.1, -0.05) is 6.92 Å². The van der Waals surface area contributed by atoms with Crippen molar-refractivity contribution < 1.29 is 8.42 Å². The van der Waals surface area contributed by atoms with Gasteiger partial charge in [0.25, 0.3) is 0 Å². The molecule has 2 unspecified atom stereocenters. The maximum Gasteiger partial charge on any atom is 0.188 e. The molecule has 2 atom stereocenters. The lowest BCUT2D eigenvalue weighted by Crippen LogP contribution is -2.40. The number of aliphatic imine (C=N–C) groups is 1. The van der Waals surface area contributed by atoms with Crippen LogP contribution in [0.4, 0.5) is 0 Å². The van der Waals surface area contributed by atoms with Crippen LogP contribution in [0.2, 0.25) is 0 Å². The van der Waals surface area contributed by atoms with Gasteiger partial charge in [0, 0.05) is 12.6 Å². The first-order valence-electron chi connectivity index (χ1n) is 7.52. The first kappa shape index (κ1) is 15.6. The number of guanidine groups is 1. The van der Waals surface area contributed by atoms with Crippen molar-refractivity contribution in [3.8, 4) is 0 Å². The van der Waals surface area contributed by atoms with Crippen molar-refractivity contribution >= 4 is 15.8 Å². The Kier molecular flexibility index (Phi) is 5.26. The second-order valence-electron chi connectivity index (χ2n) is 5.66. The van der Waals surface area contributed by atoms with Gasteiger partial charge in [0.2, 0.25) is 0 Å². The van der Waals surface area contributed by atoms with Crippen LogP contribution < -0.4 is 11.1 Å². The van der Waals surface area contributed by atoms with Gasteiger partial charge in [-0.15, -0.1) is 0 Å². The average Bonchev–Trinajstić information content (AvgIpc) is 2.99. The molecule has 0 saturated carbocycles. The maximum absolute atomic E-state index is 11.7. The molecule has 20 heavy (non-hydrogen) atoms. The minimum Gasteiger partial charge on any atom is -0.370 e. The fourth-order valence-electron chi connectivity index (χ4n) is 3.08. The normalized spacial score (nSPS) is 30.8. The summed E-state index contributed by atoms with van der Waals surface area (Å²) >= 11 is 0. The Hall–Kier alpha value is -0.820. The third-order valence-corrected chi connectivity index (χ3v) is 6.63. The molecule has 0 spiro atoms. The van der Waals surface area contributed by atoms with Crippen LogP contribution in [-0.4, -0.2) is 62.5 Å². The Balaban J connectivity index is 1.77. The van der Waals surface area contributed by atoms with Crippen molar-refractivity contribution in [2.24, 2.45) is 10.7 Å². The first-order chi connectivity index (χ1) is 9.53. The van der Waals surface area contributed by atoms with E-state index in [4.69, 9.17) is 5.73 Å². The molecule has 2 saturated heterocycles. The summed E-state index contributed by atoms with van der Waals surface area (Å²) in [6.45, 7) is 5.44. The van der Waals surface area contributed by atoms with Crippen molar-refractivity contribution in [2.45, 2.75) is 43.9 Å². The van der Waals surface area contributed by atoms with Gasteiger partial charge < -0.3 is 11.1 Å². The van der Waals surface area contributed by atoms with Gasteiger partial charge in [0.1, 0.15) is 0 Å². The molecule has 0 aromatic rings. The smallest absolute Gasteiger partial charge is 0.188 e. The van der Waals surface area contributed by atoms with Gasteiger partial charge in [0.05, 0.1) is 17.5 Å². The average molecular weight is 302 g/mol. The molecule has 0 aromatic heterocycles. The van der Waals surface area contributed by atoms with Gasteiger partial charge in [0.15, 0.2) is 15.8 Å². The molecule has 2 rings (SSSR count). The zero-order valence-corrected chi connectivity index (χ0v) is 13.0. The first-order valence-corrected chi connectivity index (χ1v) is 9.24. The molecule has 0 amide bonds. The number of likely N-dealkylation sites (N-methyl/N-ethyl adjacent to an activating group) is 1. The molecule has 116 valence electrons. The standard InChI is InChI=1S/C13H26N4O2S/c1-2-17-7-3-5-11(17)9-15-13(14)16-10-12-6-4-8-20(12,18)19/h11-12H,2-10H2,1H3,(H3,14,15,16). The van der Waals surface area contributed by atoms with Crippen LogP contribution >= 0.6 is 0 Å². The predicted molar refractivity (Wildman–Crippen MR) is 81.6 cm³/mol. The molecule has 7 heteroatoms. The third-order valence-electron chi connectivity index (χ3n) is 4.35. The third kappa shape index (κ3) is 3.85. The van der Waals surface area contributed by atoms with Crippen molar-refractivity contribution in [3.05, 3.63) is 0 Å². The van der Waals surface area contributed by atoms with E-state index in [-0.39, 0.29) is 5.25 Å². The van der Waals surface area contributed by atoms with Gasteiger partial charge in [-0.3, -0.25) is 9.89 Å². The molecule has 0 bridgehead atoms. The highest BCUT2D eigenvalue weighted by molar-refractivity contribution is 7.92. The molecule has 6 nitrogen and oxygen atoms in total. The highest BCUT2D eigenvalue weighted by Crippen LogP contribution is 2.19. The molecule has 2 aliphatic heterocycles. The van der Waals surface area contributed by atoms with Crippen LogP contribution in [0.1, 0.15) is 32.6 Å². The molecule has 2 heterocycles. The van der Waals surface area contributed by atoms with E-state index in [1.54, 1.807) is 0 Å². The van der Waals surface area contributed by atoms with E-state index in [0.717, 1.165) is 25.9 Å². The summed E-state index contributed by atoms with van der Waals surface area (Å²) in [5.74, 6) is 0.680. The molecule has 0 radical (unpaired) electrons. The van der Waals surface area contributed by atoms with Crippen molar-refractivity contribution in [3.63, 3.8) is 0 Å². The van der Waals surface area contributed by atoms with Crippen molar-refractivity contribution in [2.75, 3.05) is 31.9 Å². The van der Waals surface area contributed by atoms with Crippen molar-refractivity contribution in [1.82, 2.24) is 10.2 Å². The summed E-state index contributed by atoms with van der Waals surface area (Å²) in [4.78, 5) is 6.77. The summed E-state index contributed by atoms with van der Waals surface area (Å²) < 4.78 is 23.4. The zero-order chi connectivity index (χ0) is 14.6. The molecular formula is C13H26N4O2S. The van der Waals surface area contributed by atoms with Gasteiger partial charge in [-0.25, -0.2) is 8.42 Å². The lowest BCUT2D eigenvalue weighted by atomic mass is 10.2. The van der Waals surface area contributed by atoms with E-state index in [2.05, 4.69) is 22.1 Å². The van der Waals surface area contributed by atoms with Gasteiger partial charge in [-0.2, -0.15) is 0 Å². The lowest BCUT2D eigenvalue weighted by Gasteiger charge is -2.21. The minimum atomic E-state index is -2.91. The van der Waals surface area contributed by atoms with E-state index in [1.807, 2.05) is 0 Å². The molecule has 2 aliphatic rings. The summed E-state index contributed by atoms with van der Waals surface area (Å²) in [6, 6.07) is 0.482. The Bertz CT molecular complexity index is 449. The highest BCUT2D eigenvalue weighted by atomic mass is 32.2. The minimum absolute atomic E-state index is 0.296. The molecule has 0 aliphatic carbocycles. The number of likely N-dealkylation sites (tertiary alicyclic amines) is 1. The molecule has 2 fully saturated rings. The lowest BCUT2D eigenvalue weighted by molar-refractivity contribution is 0.273. The summed E-state index contributed by atoms with van der Waals surface area (Å²) in [6.07, 6.45) is 3.89. The van der Waals surface area contributed by atoms with E-state index in [9.17, 15) is 8.42 Å². The number of nitrogens with one attached hydrogen (secondary N) is 1. The monoisotopic (exact) mass is 302 g/mol. The highest BCUT2D eigenvalue weighted by Gasteiger charge is 2.31. The van der Waals surface area contributed by atoms with E-state index < -0.39 is 9.84 Å². The number of nitrogens with two attached hydrogens (primary N) is 1. The number of sulfone groups is 1. The van der Waals surface area contributed by atoms with Gasteiger partial charge >= 0.3 is 0 Å². The fourth-order valence-corrected chi connectivity index (χ4v) is 4.85. The Labute approximate surface area is 121 Å². The quantitative estimate of drug-likeness (QED) is 0.549. The largest absolute Gasteiger partial charge is 0.370 e. The van der Waals surface area contributed by atoms with Crippen LogP contribution in [0.3, 0.4) is 0 Å². The zero-order valence-electron chi connectivity index (χ0n) is 12.2. The predicted octanol–water partition coefficient (Wildman–Crippen LogP) is -0.0478. The Morgan fingerprint density at radius 3 is 2.85 bits per heavy atom. The summed E-state index contributed by atoms with van der Waals surface area (Å²) in [5.41, 5.74) is 5.83. The van der Waals surface area contributed by atoms with Crippen LogP contribution in [0.25, 0.3) is 0 Å². The number of hydrogen-bond donors (Lipinski definition) is 2. The van der Waals surface area contributed by atoms with Crippen molar-refractivity contribution in [1.29, 1.82) is 0 Å². The van der Waals surface area contributed by atoms with E-state index in [0.29, 0.717) is 30.8 Å². The van der Waals surface area contributed by atoms with Gasteiger partial charge in [-0.05, 0) is 38.8 Å². The Morgan fingerprint density at radius 1 is 1.40 bits per heavy atom. The van der Waals surface area contributed by atoms with Crippen LogP contribution in [0.5, 0.6) is 0 Å². The number of nitrogens with zero attached hydrogens (tertiary/aromatic N) is 2.